The minimum Gasteiger partial charge on any atom is -0.250 e. The molecule has 1 aromatic heterocycles. The first-order valence-electron chi connectivity index (χ1n) is 5.27. The van der Waals surface area contributed by atoms with E-state index in [4.69, 9.17) is 4.98 Å². The summed E-state index contributed by atoms with van der Waals surface area (Å²) in [6.45, 7) is 0. The molecule has 0 aliphatic heterocycles. The van der Waals surface area contributed by atoms with E-state index in [1.54, 1.807) is 0 Å². The van der Waals surface area contributed by atoms with Crippen molar-refractivity contribution >= 4 is 46.2 Å². The highest BCUT2D eigenvalue weighted by Crippen LogP contribution is 2.51. The SMILES string of the molecule is CSC(SC)(SC)c1ccc2ccccc2n1. The van der Waals surface area contributed by atoms with Crippen LogP contribution in [0.2, 0.25) is 0 Å². The fourth-order valence-electron chi connectivity index (χ4n) is 1.80. The molecule has 0 fully saturated rings. The van der Waals surface area contributed by atoms with Gasteiger partial charge in [0.1, 0.15) is 3.41 Å². The molecule has 90 valence electrons. The lowest BCUT2D eigenvalue weighted by Gasteiger charge is -2.27. The zero-order valence-corrected chi connectivity index (χ0v) is 12.6. The van der Waals surface area contributed by atoms with Crippen LogP contribution in [-0.2, 0) is 3.41 Å². The monoisotopic (exact) mass is 281 g/mol. The van der Waals surface area contributed by atoms with Crippen molar-refractivity contribution in [1.29, 1.82) is 0 Å². The molecule has 0 N–H and O–H groups in total. The summed E-state index contributed by atoms with van der Waals surface area (Å²) >= 11 is 5.53. The molecule has 0 aliphatic rings. The fourth-order valence-corrected chi connectivity index (χ4v) is 4.77. The number of hydrogen-bond donors (Lipinski definition) is 0. The van der Waals surface area contributed by atoms with Crippen molar-refractivity contribution < 1.29 is 0 Å². The minimum absolute atomic E-state index is 0.00400. The number of para-hydroxylation sites is 1. The smallest absolute Gasteiger partial charge is 0.148 e. The molecule has 0 atom stereocenters. The Bertz CT molecular complexity index is 500. The third-order valence-electron chi connectivity index (χ3n) is 2.72. The van der Waals surface area contributed by atoms with Crippen LogP contribution in [0.4, 0.5) is 0 Å². The van der Waals surface area contributed by atoms with Crippen LogP contribution < -0.4 is 0 Å². The van der Waals surface area contributed by atoms with Crippen LogP contribution in [-0.4, -0.2) is 23.8 Å². The molecule has 0 amide bonds. The molecule has 2 aromatic rings. The van der Waals surface area contributed by atoms with Gasteiger partial charge in [-0.3, -0.25) is 0 Å². The highest BCUT2D eigenvalue weighted by Gasteiger charge is 2.31. The molecule has 0 saturated carbocycles. The lowest BCUT2D eigenvalue weighted by molar-refractivity contribution is 1.16. The Hall–Kier alpha value is -0.320. The van der Waals surface area contributed by atoms with Crippen LogP contribution in [0.3, 0.4) is 0 Å². The molecule has 0 aliphatic carbocycles. The number of pyridine rings is 1. The van der Waals surface area contributed by atoms with Crippen molar-refractivity contribution in [2.75, 3.05) is 18.8 Å². The molecule has 1 nitrogen and oxygen atoms in total. The van der Waals surface area contributed by atoms with Gasteiger partial charge in [-0.25, -0.2) is 4.98 Å². The molecule has 0 saturated heterocycles. The molecule has 0 bridgehead atoms. The Morgan fingerprint density at radius 1 is 0.882 bits per heavy atom. The molecule has 17 heavy (non-hydrogen) atoms. The van der Waals surface area contributed by atoms with E-state index in [-0.39, 0.29) is 3.41 Å². The zero-order valence-electron chi connectivity index (χ0n) is 10.1. The van der Waals surface area contributed by atoms with Gasteiger partial charge in [0.2, 0.25) is 0 Å². The van der Waals surface area contributed by atoms with Crippen LogP contribution in [0.25, 0.3) is 10.9 Å². The fraction of sp³-hybridized carbons (Fsp3) is 0.308. The molecular formula is C13H15NS3. The third-order valence-corrected chi connectivity index (χ3v) is 7.96. The topological polar surface area (TPSA) is 12.9 Å². The highest BCUT2D eigenvalue weighted by molar-refractivity contribution is 8.32. The third kappa shape index (κ3) is 2.44. The predicted octanol–water partition coefficient (Wildman–Crippen LogP) is 4.43. The lowest BCUT2D eigenvalue weighted by atomic mass is 10.2. The van der Waals surface area contributed by atoms with E-state index in [1.807, 2.05) is 41.4 Å². The normalized spacial score (nSPS) is 11.9. The Morgan fingerprint density at radius 2 is 1.53 bits per heavy atom. The van der Waals surface area contributed by atoms with Crippen molar-refractivity contribution in [2.45, 2.75) is 3.41 Å². The average Bonchev–Trinajstić information content (AvgIpc) is 2.41. The van der Waals surface area contributed by atoms with Gasteiger partial charge in [-0.15, -0.1) is 35.3 Å². The van der Waals surface area contributed by atoms with Gasteiger partial charge >= 0.3 is 0 Å². The zero-order chi connectivity index (χ0) is 12.3. The molecule has 4 heteroatoms. The molecular weight excluding hydrogens is 266 g/mol. The van der Waals surface area contributed by atoms with Crippen molar-refractivity contribution in [1.82, 2.24) is 4.98 Å². The lowest BCUT2D eigenvalue weighted by Crippen LogP contribution is -2.13. The van der Waals surface area contributed by atoms with Crippen LogP contribution in [0.15, 0.2) is 36.4 Å². The number of benzene rings is 1. The maximum atomic E-state index is 4.80. The summed E-state index contributed by atoms with van der Waals surface area (Å²) in [4.78, 5) is 4.80. The summed E-state index contributed by atoms with van der Waals surface area (Å²) in [7, 11) is 0. The summed E-state index contributed by atoms with van der Waals surface area (Å²) in [5, 5.41) is 1.20. The van der Waals surface area contributed by atoms with Gasteiger partial charge in [-0.05, 0) is 30.9 Å². The molecule has 0 spiro atoms. The van der Waals surface area contributed by atoms with E-state index in [9.17, 15) is 0 Å². The number of fused-ring (bicyclic) bond motifs is 1. The van der Waals surface area contributed by atoms with Gasteiger partial charge < -0.3 is 0 Å². The van der Waals surface area contributed by atoms with Gasteiger partial charge in [-0.2, -0.15) is 0 Å². The van der Waals surface area contributed by atoms with Crippen molar-refractivity contribution in [2.24, 2.45) is 0 Å². The summed E-state index contributed by atoms with van der Waals surface area (Å²) < 4.78 is 0.00400. The second-order valence-corrected chi connectivity index (χ2v) is 7.39. The Kier molecular flexibility index (Phi) is 4.28. The second-order valence-electron chi connectivity index (χ2n) is 3.56. The molecule has 1 aromatic carbocycles. The maximum Gasteiger partial charge on any atom is 0.148 e. The van der Waals surface area contributed by atoms with E-state index >= 15 is 0 Å². The summed E-state index contributed by atoms with van der Waals surface area (Å²) in [5.74, 6) is 0. The summed E-state index contributed by atoms with van der Waals surface area (Å²) in [5.41, 5.74) is 2.22. The largest absolute Gasteiger partial charge is 0.250 e. The van der Waals surface area contributed by atoms with Gasteiger partial charge in [0.15, 0.2) is 0 Å². The maximum absolute atomic E-state index is 4.80. The molecule has 1 heterocycles. The van der Waals surface area contributed by atoms with Crippen LogP contribution in [0.1, 0.15) is 5.69 Å². The first kappa shape index (κ1) is 13.1. The van der Waals surface area contributed by atoms with Gasteiger partial charge in [-0.1, -0.05) is 24.3 Å². The Labute approximate surface area is 115 Å². The van der Waals surface area contributed by atoms with Gasteiger partial charge in [0.05, 0.1) is 11.2 Å². The van der Waals surface area contributed by atoms with Crippen LogP contribution in [0, 0.1) is 0 Å². The summed E-state index contributed by atoms with van der Waals surface area (Å²) in [6, 6.07) is 12.6. The second kappa shape index (κ2) is 5.55. The van der Waals surface area contributed by atoms with E-state index < -0.39 is 0 Å². The quantitative estimate of drug-likeness (QED) is 0.768. The van der Waals surface area contributed by atoms with Gasteiger partial charge in [0, 0.05) is 5.39 Å². The van der Waals surface area contributed by atoms with Gasteiger partial charge in [0.25, 0.3) is 0 Å². The number of aromatic nitrogens is 1. The molecule has 0 radical (unpaired) electrons. The van der Waals surface area contributed by atoms with E-state index in [0.29, 0.717) is 0 Å². The Balaban J connectivity index is 2.55. The number of hydrogen-bond acceptors (Lipinski definition) is 4. The number of nitrogens with zero attached hydrogens (tertiary/aromatic N) is 1. The van der Waals surface area contributed by atoms with Crippen LogP contribution >= 0.6 is 35.3 Å². The van der Waals surface area contributed by atoms with Crippen molar-refractivity contribution in [3.63, 3.8) is 0 Å². The molecule has 2 rings (SSSR count). The highest BCUT2D eigenvalue weighted by atomic mass is 32.3. The standard InChI is InChI=1S/C13H15NS3/c1-15-13(16-2,17-3)12-9-8-10-6-4-5-7-11(10)14-12/h4-9H,1-3H3. The first-order chi connectivity index (χ1) is 8.25. The number of rotatable bonds is 4. The summed E-state index contributed by atoms with van der Waals surface area (Å²) in [6.07, 6.45) is 6.43. The first-order valence-corrected chi connectivity index (χ1v) is 8.95. The van der Waals surface area contributed by atoms with Crippen molar-refractivity contribution in [3.05, 3.63) is 42.1 Å². The van der Waals surface area contributed by atoms with Crippen molar-refractivity contribution in [3.8, 4) is 0 Å². The predicted molar refractivity (Wildman–Crippen MR) is 84.0 cm³/mol. The minimum atomic E-state index is 0.00400. The van der Waals surface area contributed by atoms with Crippen LogP contribution in [0.5, 0.6) is 0 Å². The average molecular weight is 281 g/mol. The number of thioether (sulfide) groups is 3. The van der Waals surface area contributed by atoms with E-state index in [1.165, 1.54) is 5.39 Å². The van der Waals surface area contributed by atoms with E-state index in [0.717, 1.165) is 11.2 Å². The van der Waals surface area contributed by atoms with E-state index in [2.05, 4.69) is 49.1 Å². The molecule has 0 unspecified atom stereocenters. The Morgan fingerprint density at radius 3 is 2.18 bits per heavy atom.